The maximum atomic E-state index is 12.2. The summed E-state index contributed by atoms with van der Waals surface area (Å²) in [6.45, 7) is 9.60. The lowest BCUT2D eigenvalue weighted by molar-refractivity contribution is -0.140. The standard InChI is InChI=1S/C15H21F3O/c1-8-9(2)11(4)14(12(5)10(8)3)13(19)6-7-15(16,17)18/h13,19H,6-7H2,1-5H3. The molecule has 1 aromatic rings. The van der Waals surface area contributed by atoms with Crippen LogP contribution in [-0.2, 0) is 0 Å². The molecule has 0 fully saturated rings. The summed E-state index contributed by atoms with van der Waals surface area (Å²) >= 11 is 0. The largest absolute Gasteiger partial charge is 0.389 e. The number of hydrogen-bond acceptors (Lipinski definition) is 1. The molecule has 0 aliphatic carbocycles. The first-order chi connectivity index (χ1) is 8.56. The Hall–Kier alpha value is -1.03. The third-order valence-corrected chi connectivity index (χ3v) is 4.09. The van der Waals surface area contributed by atoms with Crippen molar-refractivity contribution in [2.45, 2.75) is 59.7 Å². The van der Waals surface area contributed by atoms with E-state index in [-0.39, 0.29) is 6.42 Å². The van der Waals surface area contributed by atoms with E-state index in [2.05, 4.69) is 0 Å². The zero-order valence-electron chi connectivity index (χ0n) is 12.1. The van der Waals surface area contributed by atoms with Crippen LogP contribution in [0, 0.1) is 34.6 Å². The summed E-state index contributed by atoms with van der Waals surface area (Å²) < 4.78 is 36.7. The van der Waals surface area contributed by atoms with Gasteiger partial charge in [0.15, 0.2) is 0 Å². The van der Waals surface area contributed by atoms with Gasteiger partial charge in [-0.1, -0.05) is 0 Å². The van der Waals surface area contributed by atoms with E-state index in [1.54, 1.807) is 0 Å². The van der Waals surface area contributed by atoms with Crippen molar-refractivity contribution in [3.8, 4) is 0 Å². The van der Waals surface area contributed by atoms with Gasteiger partial charge in [-0.3, -0.25) is 0 Å². The fourth-order valence-corrected chi connectivity index (χ4v) is 2.47. The minimum atomic E-state index is -4.22. The number of alkyl halides is 3. The summed E-state index contributed by atoms with van der Waals surface area (Å²) in [5.41, 5.74) is 5.69. The molecule has 0 aromatic heterocycles. The maximum Gasteiger partial charge on any atom is 0.389 e. The average Bonchev–Trinajstić information content (AvgIpc) is 2.31. The molecule has 1 rings (SSSR count). The molecule has 0 bridgehead atoms. The monoisotopic (exact) mass is 274 g/mol. The van der Waals surface area contributed by atoms with Crippen LogP contribution < -0.4 is 0 Å². The van der Waals surface area contributed by atoms with Gasteiger partial charge in [-0.05, 0) is 74.4 Å². The van der Waals surface area contributed by atoms with Crippen molar-refractivity contribution in [3.63, 3.8) is 0 Å². The Labute approximate surface area is 112 Å². The van der Waals surface area contributed by atoms with Crippen molar-refractivity contribution in [2.24, 2.45) is 0 Å². The van der Waals surface area contributed by atoms with Crippen molar-refractivity contribution in [1.29, 1.82) is 0 Å². The summed E-state index contributed by atoms with van der Waals surface area (Å²) in [5, 5.41) is 10.1. The Morgan fingerprint density at radius 1 is 0.842 bits per heavy atom. The van der Waals surface area contributed by atoms with E-state index in [1.807, 2.05) is 34.6 Å². The lowest BCUT2D eigenvalue weighted by Crippen LogP contribution is -2.13. The number of benzene rings is 1. The molecule has 1 nitrogen and oxygen atoms in total. The van der Waals surface area contributed by atoms with Gasteiger partial charge in [-0.2, -0.15) is 13.2 Å². The molecule has 1 atom stereocenters. The second-order valence-corrected chi connectivity index (χ2v) is 5.21. The number of aliphatic hydroxyl groups is 1. The quantitative estimate of drug-likeness (QED) is 0.853. The molecular weight excluding hydrogens is 253 g/mol. The Morgan fingerprint density at radius 3 is 1.58 bits per heavy atom. The van der Waals surface area contributed by atoms with E-state index in [0.717, 1.165) is 27.8 Å². The van der Waals surface area contributed by atoms with E-state index < -0.39 is 18.7 Å². The molecule has 1 aromatic carbocycles. The molecule has 0 aliphatic heterocycles. The first kappa shape index (κ1) is 16.0. The van der Waals surface area contributed by atoms with Crippen molar-refractivity contribution in [3.05, 3.63) is 33.4 Å². The zero-order valence-corrected chi connectivity index (χ0v) is 12.1. The van der Waals surface area contributed by atoms with Gasteiger partial charge in [0.2, 0.25) is 0 Å². The molecule has 0 amide bonds. The molecule has 1 N–H and O–H groups in total. The van der Waals surface area contributed by atoms with Crippen LogP contribution in [-0.4, -0.2) is 11.3 Å². The SMILES string of the molecule is Cc1c(C)c(C)c(C(O)CCC(F)(F)F)c(C)c1C. The lowest BCUT2D eigenvalue weighted by Gasteiger charge is -2.22. The van der Waals surface area contributed by atoms with E-state index >= 15 is 0 Å². The highest BCUT2D eigenvalue weighted by molar-refractivity contribution is 5.50. The van der Waals surface area contributed by atoms with Gasteiger partial charge in [0.1, 0.15) is 0 Å². The van der Waals surface area contributed by atoms with Crippen LogP contribution in [0.5, 0.6) is 0 Å². The molecule has 0 radical (unpaired) electrons. The molecule has 1 unspecified atom stereocenters. The first-order valence-electron chi connectivity index (χ1n) is 6.38. The van der Waals surface area contributed by atoms with Crippen molar-refractivity contribution < 1.29 is 18.3 Å². The Kier molecular flexibility index (Phi) is 4.67. The maximum absolute atomic E-state index is 12.2. The van der Waals surface area contributed by atoms with Gasteiger partial charge in [0, 0.05) is 6.42 Å². The van der Waals surface area contributed by atoms with Gasteiger partial charge in [-0.25, -0.2) is 0 Å². The van der Waals surface area contributed by atoms with Crippen LogP contribution in [0.1, 0.15) is 52.3 Å². The highest BCUT2D eigenvalue weighted by Crippen LogP contribution is 2.34. The average molecular weight is 274 g/mol. The molecule has 0 aliphatic rings. The van der Waals surface area contributed by atoms with Crippen LogP contribution in [0.15, 0.2) is 0 Å². The third-order valence-electron chi connectivity index (χ3n) is 4.09. The fourth-order valence-electron chi connectivity index (χ4n) is 2.47. The summed E-state index contributed by atoms with van der Waals surface area (Å²) in [4.78, 5) is 0. The molecule has 0 saturated carbocycles. The van der Waals surface area contributed by atoms with Crippen molar-refractivity contribution in [1.82, 2.24) is 0 Å². The van der Waals surface area contributed by atoms with Crippen LogP contribution in [0.4, 0.5) is 13.2 Å². The van der Waals surface area contributed by atoms with E-state index in [4.69, 9.17) is 0 Å². The van der Waals surface area contributed by atoms with Gasteiger partial charge in [-0.15, -0.1) is 0 Å². The van der Waals surface area contributed by atoms with Gasteiger partial charge in [0.05, 0.1) is 6.10 Å². The summed E-state index contributed by atoms with van der Waals surface area (Å²) in [7, 11) is 0. The lowest BCUT2D eigenvalue weighted by atomic mass is 9.86. The fraction of sp³-hybridized carbons (Fsp3) is 0.600. The Balaban J connectivity index is 3.14. The number of aliphatic hydroxyl groups excluding tert-OH is 1. The predicted molar refractivity (Wildman–Crippen MR) is 70.4 cm³/mol. The molecule has 0 saturated heterocycles. The number of rotatable bonds is 3. The van der Waals surface area contributed by atoms with E-state index in [1.165, 1.54) is 0 Å². The summed E-state index contributed by atoms with van der Waals surface area (Å²) in [6.07, 6.45) is -6.52. The van der Waals surface area contributed by atoms with Crippen LogP contribution in [0.25, 0.3) is 0 Å². The van der Waals surface area contributed by atoms with Crippen LogP contribution in [0.3, 0.4) is 0 Å². The van der Waals surface area contributed by atoms with Gasteiger partial charge in [0.25, 0.3) is 0 Å². The van der Waals surface area contributed by atoms with Crippen molar-refractivity contribution >= 4 is 0 Å². The van der Waals surface area contributed by atoms with Crippen molar-refractivity contribution in [2.75, 3.05) is 0 Å². The second kappa shape index (κ2) is 5.53. The topological polar surface area (TPSA) is 20.2 Å². The van der Waals surface area contributed by atoms with E-state index in [9.17, 15) is 18.3 Å². The molecule has 4 heteroatoms. The first-order valence-corrected chi connectivity index (χ1v) is 6.38. The smallest absolute Gasteiger partial charge is 0.388 e. The normalized spacial score (nSPS) is 13.7. The Bertz CT molecular complexity index is 446. The highest BCUT2D eigenvalue weighted by atomic mass is 19.4. The number of hydrogen-bond donors (Lipinski definition) is 1. The minimum Gasteiger partial charge on any atom is -0.388 e. The minimum absolute atomic E-state index is 0.285. The molecule has 108 valence electrons. The summed E-state index contributed by atoms with van der Waals surface area (Å²) in [5.74, 6) is 0. The zero-order chi connectivity index (χ0) is 15.0. The van der Waals surface area contributed by atoms with Gasteiger partial charge >= 0.3 is 6.18 Å². The van der Waals surface area contributed by atoms with Gasteiger partial charge < -0.3 is 5.11 Å². The highest BCUT2D eigenvalue weighted by Gasteiger charge is 2.29. The third kappa shape index (κ3) is 3.50. The molecule has 19 heavy (non-hydrogen) atoms. The molecule has 0 heterocycles. The van der Waals surface area contributed by atoms with E-state index in [0.29, 0.717) is 5.56 Å². The number of halogens is 3. The van der Waals surface area contributed by atoms with Crippen LogP contribution >= 0.6 is 0 Å². The molecular formula is C15H21F3O. The predicted octanol–water partition coefficient (Wildman–Crippen LogP) is 4.60. The molecule has 0 spiro atoms. The summed E-state index contributed by atoms with van der Waals surface area (Å²) in [6, 6.07) is 0. The second-order valence-electron chi connectivity index (χ2n) is 5.21. The van der Waals surface area contributed by atoms with Crippen LogP contribution in [0.2, 0.25) is 0 Å². The Morgan fingerprint density at radius 2 is 1.21 bits per heavy atom.